The van der Waals surface area contributed by atoms with Gasteiger partial charge in [0.2, 0.25) is 11.8 Å². The third-order valence-electron chi connectivity index (χ3n) is 6.48. The molecule has 1 amide bonds. The van der Waals surface area contributed by atoms with Gasteiger partial charge in [-0.1, -0.05) is 6.07 Å². The molecule has 4 aliphatic rings. The van der Waals surface area contributed by atoms with Crippen LogP contribution in [0.1, 0.15) is 49.8 Å². The number of carbonyl (C=O) groups excluding carboxylic acids is 1. The number of ether oxygens (including phenoxy) is 3. The number of carbonyl (C=O) groups is 1. The number of hydrogen-bond acceptors (Lipinski definition) is 7. The Balaban J connectivity index is 1.07. The zero-order chi connectivity index (χ0) is 25.1. The van der Waals surface area contributed by atoms with E-state index in [1.54, 1.807) is 0 Å². The molecule has 0 radical (unpaired) electrons. The Hall–Kier alpha value is -3.03. The average molecular weight is 507 g/mol. The number of nitrogens with zero attached hydrogens (tertiary/aromatic N) is 2. The molecule has 8 nitrogen and oxygen atoms in total. The highest BCUT2D eigenvalue weighted by atomic mass is 19.4. The molecule has 1 aromatic carbocycles. The van der Waals surface area contributed by atoms with E-state index in [2.05, 4.69) is 25.0 Å². The van der Waals surface area contributed by atoms with Gasteiger partial charge in [-0.15, -0.1) is 36.5 Å². The fraction of sp³-hybridized carbons (Fsp3) is 0.571. The molecule has 1 N–H and O–H groups in total. The maximum atomic E-state index is 12.3. The lowest BCUT2D eigenvalue weighted by Gasteiger charge is -2.68. The first-order chi connectivity index (χ1) is 16.3. The Morgan fingerprint density at radius 2 is 1.74 bits per heavy atom. The summed E-state index contributed by atoms with van der Waals surface area (Å²) in [5.74, 6) is -0.427. The highest BCUT2D eigenvalue weighted by Crippen LogP contribution is 2.67. The van der Waals surface area contributed by atoms with Crippen LogP contribution in [-0.2, 0) is 14.9 Å². The molecule has 2 aromatic rings. The summed E-state index contributed by atoms with van der Waals surface area (Å²) in [4.78, 5) is 12.3. The second kappa shape index (κ2) is 8.00. The first kappa shape index (κ1) is 23.7. The van der Waals surface area contributed by atoms with Crippen molar-refractivity contribution in [3.05, 3.63) is 36.0 Å². The van der Waals surface area contributed by atoms with Crippen LogP contribution < -0.4 is 14.8 Å². The van der Waals surface area contributed by atoms with Gasteiger partial charge < -0.3 is 19.2 Å². The van der Waals surface area contributed by atoms with Gasteiger partial charge in [0, 0.05) is 17.5 Å². The highest BCUT2D eigenvalue weighted by Gasteiger charge is 2.72. The van der Waals surface area contributed by atoms with Gasteiger partial charge in [0.05, 0.1) is 11.5 Å². The van der Waals surface area contributed by atoms with Crippen molar-refractivity contribution in [2.75, 3.05) is 6.61 Å². The van der Waals surface area contributed by atoms with E-state index in [9.17, 15) is 31.1 Å². The van der Waals surface area contributed by atoms with Crippen molar-refractivity contribution in [2.45, 2.75) is 67.8 Å². The number of amides is 1. The Labute approximate surface area is 193 Å². The Kier molecular flexibility index (Phi) is 5.42. The smallest absolute Gasteiger partial charge is 0.484 e. The van der Waals surface area contributed by atoms with Gasteiger partial charge in [-0.3, -0.25) is 9.53 Å². The summed E-state index contributed by atoms with van der Waals surface area (Å²) in [6.07, 6.45) is -8.43. The van der Waals surface area contributed by atoms with Crippen molar-refractivity contribution in [1.82, 2.24) is 15.5 Å². The van der Waals surface area contributed by atoms with Gasteiger partial charge in [0.25, 0.3) is 5.91 Å². The summed E-state index contributed by atoms with van der Waals surface area (Å²) >= 11 is 0. The van der Waals surface area contributed by atoms with Gasteiger partial charge in [-0.2, -0.15) is 0 Å². The topological polar surface area (TPSA) is 95.7 Å². The van der Waals surface area contributed by atoms with E-state index in [0.717, 1.165) is 12.1 Å². The highest BCUT2D eigenvalue weighted by molar-refractivity contribution is 5.79. The SMILES string of the molecule is O=C(COc1cccc(OC(F)(F)F)c1)NC12CC(c3nnc(C4CC(OC(F)(F)F)C4)o3)(C1)C2. The van der Waals surface area contributed by atoms with E-state index < -0.39 is 42.6 Å². The minimum atomic E-state index is -4.84. The predicted molar refractivity (Wildman–Crippen MR) is 102 cm³/mol. The molecule has 0 spiro atoms. The standard InChI is InChI=1S/C21H19F6N3O5/c22-20(23,24)34-13-3-1-2-12(6-13)32-7-15(31)28-19-8-18(9-19,10-19)17-30-29-16(33-17)11-4-14(5-11)35-21(25,26)27/h1-3,6,11,14H,4-5,7-10H2,(H,28,31). The van der Waals surface area contributed by atoms with Gasteiger partial charge in [-0.25, -0.2) is 0 Å². The van der Waals surface area contributed by atoms with Gasteiger partial charge in [0.15, 0.2) is 6.61 Å². The maximum absolute atomic E-state index is 12.3. The van der Waals surface area contributed by atoms with Crippen molar-refractivity contribution >= 4 is 5.91 Å². The number of nitrogens with one attached hydrogen (secondary N) is 1. The lowest BCUT2D eigenvalue weighted by molar-refractivity contribution is -0.352. The molecular weight excluding hydrogens is 488 g/mol. The molecule has 0 unspecified atom stereocenters. The molecule has 4 saturated carbocycles. The Morgan fingerprint density at radius 3 is 2.40 bits per heavy atom. The molecule has 35 heavy (non-hydrogen) atoms. The van der Waals surface area contributed by atoms with E-state index in [0.29, 0.717) is 25.2 Å². The molecule has 1 heterocycles. The van der Waals surface area contributed by atoms with Gasteiger partial charge >= 0.3 is 12.7 Å². The summed E-state index contributed by atoms with van der Waals surface area (Å²) in [7, 11) is 0. The van der Waals surface area contributed by atoms with Crippen molar-refractivity contribution < 1.29 is 49.8 Å². The zero-order valence-corrected chi connectivity index (χ0v) is 17.9. The third-order valence-corrected chi connectivity index (χ3v) is 6.48. The lowest BCUT2D eigenvalue weighted by Crippen LogP contribution is -2.77. The average Bonchev–Trinajstić information content (AvgIpc) is 3.12. The fourth-order valence-corrected chi connectivity index (χ4v) is 5.06. The van der Waals surface area contributed by atoms with E-state index in [4.69, 9.17) is 9.15 Å². The van der Waals surface area contributed by atoms with Crippen LogP contribution in [0.3, 0.4) is 0 Å². The fourth-order valence-electron chi connectivity index (χ4n) is 5.06. The van der Waals surface area contributed by atoms with E-state index in [1.807, 2.05) is 0 Å². The Morgan fingerprint density at radius 1 is 1.06 bits per heavy atom. The van der Waals surface area contributed by atoms with Crippen LogP contribution in [-0.4, -0.2) is 47.1 Å². The second-order valence-corrected chi connectivity index (χ2v) is 9.25. The molecule has 0 aliphatic heterocycles. The van der Waals surface area contributed by atoms with Crippen molar-refractivity contribution in [3.8, 4) is 11.5 Å². The Bertz CT molecular complexity index is 1090. The van der Waals surface area contributed by atoms with Crippen LogP contribution in [0.2, 0.25) is 0 Å². The number of alkyl halides is 6. The molecule has 14 heteroatoms. The maximum Gasteiger partial charge on any atom is 0.573 e. The van der Waals surface area contributed by atoms with E-state index in [1.165, 1.54) is 12.1 Å². The quantitative estimate of drug-likeness (QED) is 0.537. The molecule has 0 saturated heterocycles. The number of benzene rings is 1. The number of hydrogen-bond donors (Lipinski definition) is 1. The van der Waals surface area contributed by atoms with Crippen LogP contribution in [0.4, 0.5) is 26.3 Å². The minimum absolute atomic E-state index is 0.0493. The summed E-state index contributed by atoms with van der Waals surface area (Å²) in [5.41, 5.74) is -0.813. The molecule has 2 bridgehead atoms. The van der Waals surface area contributed by atoms with Crippen LogP contribution in [0.5, 0.6) is 11.5 Å². The van der Waals surface area contributed by atoms with Crippen molar-refractivity contribution in [3.63, 3.8) is 0 Å². The number of halogens is 6. The molecule has 4 fully saturated rings. The molecule has 1 aromatic heterocycles. The number of aromatic nitrogens is 2. The van der Waals surface area contributed by atoms with Crippen molar-refractivity contribution in [2.24, 2.45) is 0 Å². The first-order valence-electron chi connectivity index (χ1n) is 10.7. The summed E-state index contributed by atoms with van der Waals surface area (Å²) in [6.45, 7) is -0.391. The second-order valence-electron chi connectivity index (χ2n) is 9.25. The number of rotatable bonds is 8. The molecule has 190 valence electrons. The van der Waals surface area contributed by atoms with Crippen LogP contribution in [0, 0.1) is 0 Å². The van der Waals surface area contributed by atoms with Crippen LogP contribution in [0.15, 0.2) is 28.7 Å². The van der Waals surface area contributed by atoms with E-state index >= 15 is 0 Å². The zero-order valence-electron chi connectivity index (χ0n) is 17.9. The summed E-state index contributed by atoms with van der Waals surface area (Å²) in [5, 5.41) is 10.9. The van der Waals surface area contributed by atoms with Crippen LogP contribution in [0.25, 0.3) is 0 Å². The monoisotopic (exact) mass is 507 g/mol. The third kappa shape index (κ3) is 5.02. The first-order valence-corrected chi connectivity index (χ1v) is 10.7. The normalized spacial score (nSPS) is 29.4. The molecule has 4 aliphatic carbocycles. The minimum Gasteiger partial charge on any atom is -0.484 e. The summed E-state index contributed by atoms with van der Waals surface area (Å²) < 4.78 is 92.5. The predicted octanol–water partition coefficient (Wildman–Crippen LogP) is 4.12. The molecular formula is C21H19F6N3O5. The lowest BCUT2D eigenvalue weighted by atomic mass is 9.39. The summed E-state index contributed by atoms with van der Waals surface area (Å²) in [6, 6.07) is 4.86. The largest absolute Gasteiger partial charge is 0.573 e. The van der Waals surface area contributed by atoms with Gasteiger partial charge in [0.1, 0.15) is 11.5 Å². The van der Waals surface area contributed by atoms with E-state index in [-0.39, 0.29) is 35.8 Å². The van der Waals surface area contributed by atoms with Gasteiger partial charge in [-0.05, 0) is 44.2 Å². The van der Waals surface area contributed by atoms with Crippen LogP contribution >= 0.6 is 0 Å². The van der Waals surface area contributed by atoms with Crippen molar-refractivity contribution in [1.29, 1.82) is 0 Å². The molecule has 6 rings (SSSR count). The molecule has 0 atom stereocenters.